The molecule has 19 heteroatoms. The average molecular weight is 741 g/mol. The van der Waals surface area contributed by atoms with Gasteiger partial charge in [0.2, 0.25) is 0 Å². The first-order valence-corrected chi connectivity index (χ1v) is 42.5. The molecule has 0 bridgehead atoms. The van der Waals surface area contributed by atoms with Crippen molar-refractivity contribution >= 4 is 85.8 Å². The Labute approximate surface area is 259 Å². The maximum atomic E-state index is 7.02. The molecule has 9 nitrogen and oxygen atoms in total. The van der Waals surface area contributed by atoms with Gasteiger partial charge in [-0.15, -0.1) is 0 Å². The maximum absolute atomic E-state index is 7.02. The molecule has 0 aliphatic heterocycles. The van der Waals surface area contributed by atoms with E-state index in [2.05, 4.69) is 118 Å². The van der Waals surface area contributed by atoms with E-state index in [0.29, 0.717) is 0 Å². The van der Waals surface area contributed by atoms with Crippen molar-refractivity contribution in [3.8, 4) is 0 Å². The highest BCUT2D eigenvalue weighted by Gasteiger charge is 2.58. The molecule has 241 valence electrons. The van der Waals surface area contributed by atoms with Crippen LogP contribution in [0.1, 0.15) is 0 Å². The lowest BCUT2D eigenvalue weighted by molar-refractivity contribution is 0.134. The van der Waals surface area contributed by atoms with Gasteiger partial charge in [-0.25, -0.2) is 0 Å². The van der Waals surface area contributed by atoms with Crippen molar-refractivity contribution in [1.29, 1.82) is 0 Å². The van der Waals surface area contributed by atoms with Gasteiger partial charge in [-0.05, 0) is 118 Å². The molecule has 1 radical (unpaired) electrons. The van der Waals surface area contributed by atoms with Gasteiger partial charge in [0.05, 0.1) is 0 Å². The van der Waals surface area contributed by atoms with E-state index >= 15 is 0 Å². The molecule has 0 saturated carbocycles. The van der Waals surface area contributed by atoms with Crippen molar-refractivity contribution in [2.24, 2.45) is 0 Å². The van der Waals surface area contributed by atoms with Gasteiger partial charge < -0.3 is 37.0 Å². The molecule has 0 spiro atoms. The minimum atomic E-state index is -3.63. The Hall–Kier alpha value is 1.81. The third-order valence-corrected chi connectivity index (χ3v) is 33.8. The number of hydrogen-bond donors (Lipinski definition) is 0. The number of rotatable bonds is 18. The first-order valence-electron chi connectivity index (χ1n) is 14.2. The molecule has 0 aromatic carbocycles. The quantitative estimate of drug-likeness (QED) is 0.131. The molecular weight excluding hydrogens is 677 g/mol. The van der Waals surface area contributed by atoms with E-state index < -0.39 is 85.8 Å². The summed E-state index contributed by atoms with van der Waals surface area (Å²) in [5.41, 5.74) is 0. The summed E-state index contributed by atoms with van der Waals surface area (Å²) in [6.45, 7) is 44.5. The molecular formula is C21H63O9Si10. The Morgan fingerprint density at radius 2 is 0.475 bits per heavy atom. The number of hydrogen-bond acceptors (Lipinski definition) is 9. The predicted octanol–water partition coefficient (Wildman–Crippen LogP) is 7.84. The van der Waals surface area contributed by atoms with E-state index in [1.807, 2.05) is 19.6 Å². The minimum Gasteiger partial charge on any atom is -0.417 e. The first kappa shape index (κ1) is 41.8. The highest BCUT2D eigenvalue weighted by Crippen LogP contribution is 2.32. The van der Waals surface area contributed by atoms with Gasteiger partial charge in [0.25, 0.3) is 0 Å². The zero-order valence-corrected chi connectivity index (χ0v) is 39.7. The molecule has 0 fully saturated rings. The SMILES string of the molecule is C[Si](C)(C)O[Si](O[Si](C)(C)C)O[Si](C)(O[Si](C)(O[Si](C)(C)C)O[Si](C)(C)C)O[Si](C)(O[Si](C)(C)C)O[Si](C)(C)C. The summed E-state index contributed by atoms with van der Waals surface area (Å²) in [6.07, 6.45) is 0. The van der Waals surface area contributed by atoms with Gasteiger partial charge in [0, 0.05) is 19.6 Å². The Kier molecular flexibility index (Phi) is 14.7. The van der Waals surface area contributed by atoms with Crippen LogP contribution in [-0.2, 0) is 37.0 Å². The molecule has 0 amide bonds. The van der Waals surface area contributed by atoms with E-state index in [0.717, 1.165) is 0 Å². The lowest BCUT2D eigenvalue weighted by atomic mass is 11.8. The molecule has 0 atom stereocenters. The summed E-state index contributed by atoms with van der Waals surface area (Å²) in [6, 6.07) is 0. The highest BCUT2D eigenvalue weighted by atomic mass is 28.6. The van der Waals surface area contributed by atoms with Crippen molar-refractivity contribution in [3.05, 3.63) is 0 Å². The fourth-order valence-corrected chi connectivity index (χ4v) is 38.7. The molecule has 0 unspecified atom stereocenters. The lowest BCUT2D eigenvalue weighted by Crippen LogP contribution is -2.68. The Morgan fingerprint density at radius 1 is 0.250 bits per heavy atom. The zero-order chi connectivity index (χ0) is 32.4. The van der Waals surface area contributed by atoms with Crippen molar-refractivity contribution in [3.63, 3.8) is 0 Å². The maximum Gasteiger partial charge on any atom is 0.547 e. The van der Waals surface area contributed by atoms with Crippen LogP contribution in [0.25, 0.3) is 0 Å². The van der Waals surface area contributed by atoms with E-state index in [1.54, 1.807) is 0 Å². The topological polar surface area (TPSA) is 83.1 Å². The second kappa shape index (κ2) is 14.1. The molecule has 40 heavy (non-hydrogen) atoms. The standard InChI is InChI=1S/C21H63O9Si10/c1-32(2,3)22-31(23-33(4,5)6)24-38(19,29-39(20,25-34(7,8)9)26-35(10,11)12)30-40(21,27-36(13,14)15)28-37(16,17)18/h1-21H3. The van der Waals surface area contributed by atoms with Crippen molar-refractivity contribution in [2.75, 3.05) is 0 Å². The van der Waals surface area contributed by atoms with E-state index in [9.17, 15) is 0 Å². The first-order chi connectivity index (χ1) is 17.0. The Morgan fingerprint density at radius 3 is 0.650 bits per heavy atom. The fraction of sp³-hybridized carbons (Fsp3) is 1.00. The largest absolute Gasteiger partial charge is 0.547 e. The van der Waals surface area contributed by atoms with Crippen molar-refractivity contribution in [2.45, 2.75) is 137 Å². The zero-order valence-electron chi connectivity index (χ0n) is 29.7. The summed E-state index contributed by atoms with van der Waals surface area (Å²) in [5, 5.41) is 0. The second-order valence-corrected chi connectivity index (χ2v) is 54.8. The van der Waals surface area contributed by atoms with Gasteiger partial charge >= 0.3 is 35.9 Å². The monoisotopic (exact) mass is 739 g/mol. The van der Waals surface area contributed by atoms with Crippen LogP contribution in [0.3, 0.4) is 0 Å². The van der Waals surface area contributed by atoms with Crippen LogP contribution in [0.5, 0.6) is 0 Å². The molecule has 0 aromatic heterocycles. The summed E-state index contributed by atoms with van der Waals surface area (Å²) in [5.74, 6) is 0. The summed E-state index contributed by atoms with van der Waals surface area (Å²) in [7, 11) is -24.8. The highest BCUT2D eigenvalue weighted by molar-refractivity contribution is 6.93. The summed E-state index contributed by atoms with van der Waals surface area (Å²) >= 11 is 0. The second-order valence-electron chi connectivity index (χ2n) is 16.4. The van der Waals surface area contributed by atoms with Crippen molar-refractivity contribution < 1.29 is 37.0 Å². The summed E-state index contributed by atoms with van der Waals surface area (Å²) < 4.78 is 61.0. The van der Waals surface area contributed by atoms with E-state index in [4.69, 9.17) is 37.0 Å². The van der Waals surface area contributed by atoms with Crippen LogP contribution in [-0.4, -0.2) is 85.8 Å². The van der Waals surface area contributed by atoms with Crippen LogP contribution in [0.2, 0.25) is 137 Å². The van der Waals surface area contributed by atoms with Gasteiger partial charge in [0.15, 0.2) is 49.9 Å². The Bertz CT molecular complexity index is 702. The van der Waals surface area contributed by atoms with Gasteiger partial charge in [0.1, 0.15) is 0 Å². The molecule has 0 saturated heterocycles. The molecule has 0 aromatic rings. The normalized spacial score (nSPS) is 15.8. The average Bonchev–Trinajstić information content (AvgIpc) is 2.39. The molecule has 0 N–H and O–H groups in total. The predicted molar refractivity (Wildman–Crippen MR) is 190 cm³/mol. The molecule has 0 heterocycles. The van der Waals surface area contributed by atoms with Crippen LogP contribution < -0.4 is 0 Å². The summed E-state index contributed by atoms with van der Waals surface area (Å²) in [4.78, 5) is 0. The molecule has 0 aliphatic carbocycles. The third kappa shape index (κ3) is 21.5. The molecule has 0 aliphatic rings. The van der Waals surface area contributed by atoms with Crippen LogP contribution in [0.15, 0.2) is 0 Å². The Balaban J connectivity index is 7.02. The fourth-order valence-electron chi connectivity index (χ4n) is 3.80. The van der Waals surface area contributed by atoms with Crippen LogP contribution in [0, 0.1) is 0 Å². The van der Waals surface area contributed by atoms with E-state index in [1.165, 1.54) is 0 Å². The van der Waals surface area contributed by atoms with Gasteiger partial charge in [-0.1, -0.05) is 0 Å². The van der Waals surface area contributed by atoms with Crippen LogP contribution >= 0.6 is 0 Å². The van der Waals surface area contributed by atoms with Gasteiger partial charge in [-0.2, -0.15) is 0 Å². The third-order valence-electron chi connectivity index (χ3n) is 3.76. The minimum absolute atomic E-state index is 1.91. The van der Waals surface area contributed by atoms with E-state index in [-0.39, 0.29) is 0 Å². The smallest absolute Gasteiger partial charge is 0.417 e. The molecule has 0 rings (SSSR count). The van der Waals surface area contributed by atoms with Gasteiger partial charge in [-0.3, -0.25) is 0 Å². The van der Waals surface area contributed by atoms with Crippen molar-refractivity contribution in [1.82, 2.24) is 0 Å². The lowest BCUT2D eigenvalue weighted by Gasteiger charge is -2.46. The van der Waals surface area contributed by atoms with Crippen LogP contribution in [0.4, 0.5) is 0 Å².